The van der Waals surface area contributed by atoms with Crippen molar-refractivity contribution in [3.63, 3.8) is 0 Å². The molecule has 0 aliphatic carbocycles. The van der Waals surface area contributed by atoms with Gasteiger partial charge < -0.3 is 10.1 Å². The molecule has 2 atom stereocenters. The number of amides is 2. The average Bonchev–Trinajstić information content (AvgIpc) is 3.59. The Bertz CT molecular complexity index is 1930. The van der Waals surface area contributed by atoms with Crippen LogP contribution in [0.5, 0.6) is 0 Å². The van der Waals surface area contributed by atoms with Gasteiger partial charge in [0.1, 0.15) is 6.33 Å². The van der Waals surface area contributed by atoms with Crippen molar-refractivity contribution in [1.29, 1.82) is 0 Å². The predicted octanol–water partition coefficient (Wildman–Crippen LogP) is 3.18. The van der Waals surface area contributed by atoms with Crippen LogP contribution in [0.2, 0.25) is 5.02 Å². The summed E-state index contributed by atoms with van der Waals surface area (Å²) in [6, 6.07) is 12.5. The van der Waals surface area contributed by atoms with Gasteiger partial charge in [-0.2, -0.15) is 9.78 Å². The largest absolute Gasteiger partial charge is 0.453 e. The molecule has 0 saturated carbocycles. The van der Waals surface area contributed by atoms with Crippen LogP contribution in [0.3, 0.4) is 0 Å². The number of halogens is 1. The van der Waals surface area contributed by atoms with E-state index in [1.165, 1.54) is 34.8 Å². The van der Waals surface area contributed by atoms with Crippen LogP contribution in [-0.2, 0) is 19.6 Å². The summed E-state index contributed by atoms with van der Waals surface area (Å²) in [6.07, 6.45) is 6.67. The van der Waals surface area contributed by atoms with Crippen molar-refractivity contribution in [1.82, 2.24) is 40.0 Å². The minimum atomic E-state index is -3.40. The van der Waals surface area contributed by atoms with Crippen LogP contribution in [0.15, 0.2) is 65.7 Å². The third-order valence-corrected chi connectivity index (χ3v) is 9.15. The molecule has 4 aromatic rings. The van der Waals surface area contributed by atoms with Gasteiger partial charge in [-0.25, -0.2) is 22.6 Å². The number of aromatic amines is 1. The smallest absolute Gasteiger partial charge is 0.411 e. The monoisotopic (exact) mass is 681 g/mol. The second-order valence-corrected chi connectivity index (χ2v) is 13.4. The summed E-state index contributed by atoms with van der Waals surface area (Å²) in [5.74, 6) is -0.547. The third-order valence-electron chi connectivity index (χ3n) is 7.64. The van der Waals surface area contributed by atoms with Crippen LogP contribution in [-0.4, -0.2) is 81.6 Å². The molecule has 1 unspecified atom stereocenters. The third kappa shape index (κ3) is 8.66. The number of aromatic nitrogens is 6. The second-order valence-electron chi connectivity index (χ2n) is 10.9. The second kappa shape index (κ2) is 14.7. The highest BCUT2D eigenvalue weighted by Crippen LogP contribution is 2.29. The van der Waals surface area contributed by atoms with E-state index >= 15 is 0 Å². The first-order valence-electron chi connectivity index (χ1n) is 14.5. The molecule has 1 aliphatic rings. The van der Waals surface area contributed by atoms with Crippen LogP contribution in [0, 0.1) is 5.92 Å². The van der Waals surface area contributed by atoms with Crippen molar-refractivity contribution in [2.75, 3.05) is 31.8 Å². The fourth-order valence-corrected chi connectivity index (χ4v) is 6.47. The van der Waals surface area contributed by atoms with Crippen molar-refractivity contribution in [2.24, 2.45) is 5.92 Å². The Morgan fingerprint density at radius 2 is 1.98 bits per heavy atom. The van der Waals surface area contributed by atoms with Crippen LogP contribution in [0.4, 0.5) is 10.5 Å². The number of tetrazole rings is 1. The molecule has 2 aromatic carbocycles. The Morgan fingerprint density at radius 1 is 1.19 bits per heavy atom. The van der Waals surface area contributed by atoms with E-state index in [0.717, 1.165) is 6.42 Å². The maximum Gasteiger partial charge on any atom is 0.411 e. The molecule has 2 aromatic heterocycles. The zero-order valence-electron chi connectivity index (χ0n) is 25.5. The number of carbonyl (C=O) groups is 2. The lowest BCUT2D eigenvalue weighted by atomic mass is 9.90. The Morgan fingerprint density at radius 3 is 2.68 bits per heavy atom. The van der Waals surface area contributed by atoms with Gasteiger partial charge >= 0.3 is 6.09 Å². The first-order valence-corrected chi connectivity index (χ1v) is 16.7. The van der Waals surface area contributed by atoms with Crippen LogP contribution in [0.25, 0.3) is 22.9 Å². The molecule has 0 radical (unpaired) electrons. The first kappa shape index (κ1) is 33.4. The van der Waals surface area contributed by atoms with Crippen LogP contribution in [0.1, 0.15) is 36.6 Å². The number of carbonyl (C=O) groups excluding carboxylic acids is 2. The van der Waals surface area contributed by atoms with E-state index in [2.05, 4.69) is 41.1 Å². The number of methoxy groups -OCH3 is 1. The number of sulfonamides is 1. The summed E-state index contributed by atoms with van der Waals surface area (Å²) in [6.45, 7) is 0.726. The van der Waals surface area contributed by atoms with Crippen molar-refractivity contribution >= 4 is 45.4 Å². The number of H-pyrrole nitrogens is 1. The first-order chi connectivity index (χ1) is 22.5. The minimum absolute atomic E-state index is 0.0899. The van der Waals surface area contributed by atoms with E-state index in [1.54, 1.807) is 54.6 Å². The summed E-state index contributed by atoms with van der Waals surface area (Å²) in [5.41, 5.74) is 2.42. The zero-order chi connectivity index (χ0) is 33.6. The maximum absolute atomic E-state index is 13.4. The van der Waals surface area contributed by atoms with Gasteiger partial charge in [0.15, 0.2) is 0 Å². The lowest BCUT2D eigenvalue weighted by molar-refractivity contribution is -0.117. The lowest BCUT2D eigenvalue weighted by Crippen LogP contribution is -2.41. The number of nitrogens with one attached hydrogen (secondary N) is 3. The van der Waals surface area contributed by atoms with Gasteiger partial charge in [-0.1, -0.05) is 23.7 Å². The van der Waals surface area contributed by atoms with Gasteiger partial charge in [-0.15, -0.1) is 5.10 Å². The van der Waals surface area contributed by atoms with E-state index in [9.17, 15) is 22.8 Å². The van der Waals surface area contributed by atoms with E-state index in [4.69, 9.17) is 11.6 Å². The number of ether oxygens (including phenoxy) is 1. The highest BCUT2D eigenvalue weighted by Gasteiger charge is 2.29. The molecular weight excluding hydrogens is 650 g/mol. The van der Waals surface area contributed by atoms with Crippen molar-refractivity contribution in [3.05, 3.63) is 87.6 Å². The fraction of sp³-hybridized carbons (Fsp3) is 0.300. The molecule has 1 aliphatic heterocycles. The predicted molar refractivity (Wildman–Crippen MR) is 174 cm³/mol. The molecular formula is C30H32ClN9O6S. The fourth-order valence-electron chi connectivity index (χ4n) is 5.35. The summed E-state index contributed by atoms with van der Waals surface area (Å²) < 4.78 is 32.1. The molecule has 3 N–H and O–H groups in total. The average molecular weight is 682 g/mol. The normalized spacial score (nSPS) is 16.1. The number of benzene rings is 2. The molecule has 0 spiro atoms. The van der Waals surface area contributed by atoms with Gasteiger partial charge in [-0.3, -0.25) is 14.9 Å². The van der Waals surface area contributed by atoms with Gasteiger partial charge in [0.05, 0.1) is 36.4 Å². The molecule has 15 nitrogen and oxygen atoms in total. The number of anilines is 1. The van der Waals surface area contributed by atoms with Crippen LogP contribution >= 0.6 is 11.6 Å². The Kier molecular flexibility index (Phi) is 10.4. The van der Waals surface area contributed by atoms with Gasteiger partial charge in [0.2, 0.25) is 15.9 Å². The summed E-state index contributed by atoms with van der Waals surface area (Å²) in [5, 5.41) is 24.0. The van der Waals surface area contributed by atoms with Gasteiger partial charge in [-0.05, 0) is 83.6 Å². The van der Waals surface area contributed by atoms with E-state index in [-0.39, 0.29) is 5.92 Å². The van der Waals surface area contributed by atoms with Gasteiger partial charge in [0.25, 0.3) is 5.56 Å². The number of piperidine rings is 1. The zero-order valence-corrected chi connectivity index (χ0v) is 27.0. The molecule has 1 saturated heterocycles. The standard InChI is InChI=1S/C30H32ClN9O6S/c1-46-30(43)33-23-9-5-20(6-10-23)24-16-26(35-36-29(24)42)25(14-19-4-3-13-39(17-19)47(2,44)45)34-28(41)12-7-21-15-22(31)8-11-27(21)40-18-32-37-38-40/h5-12,15-16,18-19,25H,3-4,13-14,17H2,1-2H3,(H,33,43)(H,34,41)(H,36,42)/b12-7+/t19?,25-/m0/s1. The highest BCUT2D eigenvalue weighted by molar-refractivity contribution is 7.88. The molecule has 47 heavy (non-hydrogen) atoms. The molecule has 246 valence electrons. The molecule has 17 heteroatoms. The summed E-state index contributed by atoms with van der Waals surface area (Å²) >= 11 is 6.22. The van der Waals surface area contributed by atoms with Gasteiger partial charge in [0, 0.05) is 35.4 Å². The van der Waals surface area contributed by atoms with Crippen LogP contribution < -0.4 is 16.2 Å². The maximum atomic E-state index is 13.4. The summed E-state index contributed by atoms with van der Waals surface area (Å²) in [7, 11) is -2.14. The van der Waals surface area contributed by atoms with Crippen molar-refractivity contribution in [2.45, 2.75) is 25.3 Å². The Labute approximate surface area is 275 Å². The summed E-state index contributed by atoms with van der Waals surface area (Å²) in [4.78, 5) is 37.8. The van der Waals surface area contributed by atoms with Crippen molar-refractivity contribution < 1.29 is 22.7 Å². The molecule has 0 bridgehead atoms. The molecule has 1 fully saturated rings. The number of rotatable bonds is 10. The topological polar surface area (TPSA) is 194 Å². The highest BCUT2D eigenvalue weighted by atomic mass is 35.5. The molecule has 5 rings (SSSR count). The molecule has 2 amide bonds. The Balaban J connectivity index is 1.43. The number of hydrogen-bond donors (Lipinski definition) is 3. The van der Waals surface area contributed by atoms with Crippen molar-refractivity contribution in [3.8, 4) is 16.8 Å². The minimum Gasteiger partial charge on any atom is -0.453 e. The lowest BCUT2D eigenvalue weighted by Gasteiger charge is -2.33. The SMILES string of the molecule is COC(=O)Nc1ccc(-c2cc([C@H](CC3CCCN(S(C)(=O)=O)C3)NC(=O)/C=C/c3cc(Cl)ccc3-n3cnnn3)n[nH]c2=O)cc1. The number of hydrogen-bond acceptors (Lipinski definition) is 10. The quantitative estimate of drug-likeness (QED) is 0.209. The van der Waals surface area contributed by atoms with E-state index in [1.807, 2.05) is 0 Å². The Hall–Kier alpha value is -4.93. The number of nitrogens with zero attached hydrogens (tertiary/aromatic N) is 6. The van der Waals surface area contributed by atoms with E-state index < -0.39 is 33.6 Å². The molecule has 3 heterocycles. The van der Waals surface area contributed by atoms with E-state index in [0.29, 0.717) is 64.7 Å².